The molecule has 0 bridgehead atoms. The summed E-state index contributed by atoms with van der Waals surface area (Å²) in [4.78, 5) is 28.6. The van der Waals surface area contributed by atoms with Gasteiger partial charge in [0.25, 0.3) is 0 Å². The van der Waals surface area contributed by atoms with Gasteiger partial charge < -0.3 is 14.8 Å². The third kappa shape index (κ3) is 4.09. The van der Waals surface area contributed by atoms with Gasteiger partial charge in [-0.1, -0.05) is 30.0 Å². The monoisotopic (exact) mass is 395 g/mol. The molecule has 1 amide bonds. The summed E-state index contributed by atoms with van der Waals surface area (Å²) in [6.45, 7) is 1.93. The van der Waals surface area contributed by atoms with Crippen LogP contribution in [0.3, 0.4) is 0 Å². The summed E-state index contributed by atoms with van der Waals surface area (Å²) in [6, 6.07) is 7.33. The van der Waals surface area contributed by atoms with E-state index in [-0.39, 0.29) is 42.1 Å². The zero-order chi connectivity index (χ0) is 18.9. The number of aryl methyl sites for hydroxylation is 1. The van der Waals surface area contributed by atoms with Crippen molar-refractivity contribution >= 4 is 44.3 Å². The van der Waals surface area contributed by atoms with E-state index >= 15 is 0 Å². The Bertz CT molecular complexity index is 866. The zero-order valence-electron chi connectivity index (χ0n) is 14.3. The van der Waals surface area contributed by atoms with Crippen LogP contribution in [-0.2, 0) is 19.4 Å². The number of aliphatic carboxylic acids is 1. The maximum Gasteiger partial charge on any atom is 0.248 e. The third-order valence-corrected chi connectivity index (χ3v) is 7.64. The number of hydrogen-bond acceptors (Lipinski definition) is 6. The number of thioether (sulfide) groups is 1. The summed E-state index contributed by atoms with van der Waals surface area (Å²) in [5, 5.41) is 10.8. The second-order valence-corrected chi connectivity index (χ2v) is 9.83. The average molecular weight is 395 g/mol. The molecule has 0 aromatic heterocycles. The Kier molecular flexibility index (Phi) is 5.38. The number of carbonyl (C=O) groups is 2. The first-order valence-corrected chi connectivity index (χ1v) is 11.0. The molecule has 1 aromatic rings. The van der Waals surface area contributed by atoms with Gasteiger partial charge in [-0.2, -0.15) is 4.99 Å². The second-order valence-electron chi connectivity index (χ2n) is 6.47. The van der Waals surface area contributed by atoms with Crippen molar-refractivity contribution in [2.75, 3.05) is 16.4 Å². The van der Waals surface area contributed by atoms with E-state index in [2.05, 4.69) is 4.99 Å². The number of carboxylic acids is 1. The zero-order valence-corrected chi connectivity index (χ0v) is 15.9. The molecule has 2 aliphatic rings. The van der Waals surface area contributed by atoms with Gasteiger partial charge in [0.05, 0.1) is 17.5 Å². The van der Waals surface area contributed by atoms with Crippen molar-refractivity contribution in [3.63, 3.8) is 0 Å². The molecule has 26 heavy (non-hydrogen) atoms. The van der Waals surface area contributed by atoms with Gasteiger partial charge in [-0.25, -0.2) is 8.42 Å². The first-order chi connectivity index (χ1) is 12.3. The van der Waals surface area contributed by atoms with Crippen molar-refractivity contribution in [3.8, 4) is 0 Å². The van der Waals surface area contributed by atoms with Crippen LogP contribution < -0.4 is 10.0 Å². The predicted octanol–water partition coefficient (Wildman–Crippen LogP) is 0.517. The minimum atomic E-state index is -3.11. The topological polar surface area (TPSA) is 107 Å². The molecule has 3 rings (SSSR count). The first kappa shape index (κ1) is 18.9. The molecule has 0 N–H and O–H groups in total. The highest BCUT2D eigenvalue weighted by molar-refractivity contribution is 8.16. The molecule has 1 aromatic carbocycles. The fourth-order valence-corrected chi connectivity index (χ4v) is 7.15. The van der Waals surface area contributed by atoms with Crippen LogP contribution in [0.4, 0.5) is 5.69 Å². The fraction of sp³-hybridized carbons (Fsp3) is 0.471. The molecule has 2 aliphatic heterocycles. The number of carbonyl (C=O) groups excluding carboxylic acids is 2. The van der Waals surface area contributed by atoms with E-state index in [1.807, 2.05) is 36.1 Å². The van der Waals surface area contributed by atoms with Crippen LogP contribution in [-0.4, -0.2) is 48.3 Å². The molecule has 9 heteroatoms. The van der Waals surface area contributed by atoms with Crippen LogP contribution in [0.2, 0.25) is 0 Å². The molecule has 140 valence electrons. The lowest BCUT2D eigenvalue weighted by molar-refractivity contribution is -0.305. The Labute approximate surface area is 156 Å². The van der Waals surface area contributed by atoms with Crippen LogP contribution in [0.5, 0.6) is 0 Å². The summed E-state index contributed by atoms with van der Waals surface area (Å²) in [7, 11) is -3.11. The van der Waals surface area contributed by atoms with Crippen LogP contribution in [0.25, 0.3) is 0 Å². The number of hydrogen-bond donors (Lipinski definition) is 0. The lowest BCUT2D eigenvalue weighted by Gasteiger charge is -2.26. The summed E-state index contributed by atoms with van der Waals surface area (Å²) in [6.07, 6.45) is 0.0102. The van der Waals surface area contributed by atoms with Gasteiger partial charge >= 0.3 is 0 Å². The van der Waals surface area contributed by atoms with E-state index in [0.717, 1.165) is 11.3 Å². The van der Waals surface area contributed by atoms with Crippen molar-refractivity contribution in [2.24, 2.45) is 4.99 Å². The highest BCUT2D eigenvalue weighted by atomic mass is 32.2. The number of para-hydroxylation sites is 1. The van der Waals surface area contributed by atoms with Crippen LogP contribution in [0.1, 0.15) is 24.8 Å². The number of sulfone groups is 1. The number of fused-ring (bicyclic) bond motifs is 1. The molecular formula is C17H19N2O5S2-. The van der Waals surface area contributed by atoms with Crippen molar-refractivity contribution < 1.29 is 23.1 Å². The Morgan fingerprint density at radius 1 is 1.27 bits per heavy atom. The molecule has 2 saturated heterocycles. The normalized spacial score (nSPS) is 25.4. The Morgan fingerprint density at radius 3 is 2.69 bits per heavy atom. The Morgan fingerprint density at radius 2 is 2.00 bits per heavy atom. The highest BCUT2D eigenvalue weighted by Gasteiger charge is 2.49. The number of nitrogens with zero attached hydrogens (tertiary/aromatic N) is 2. The average Bonchev–Trinajstić information content (AvgIpc) is 2.98. The minimum Gasteiger partial charge on any atom is -0.550 e. The van der Waals surface area contributed by atoms with Gasteiger partial charge in [0.2, 0.25) is 5.91 Å². The van der Waals surface area contributed by atoms with E-state index in [1.165, 1.54) is 11.8 Å². The molecule has 2 heterocycles. The molecule has 0 unspecified atom stereocenters. The maximum atomic E-state index is 12.1. The molecule has 2 fully saturated rings. The largest absolute Gasteiger partial charge is 0.550 e. The number of amides is 1. The SMILES string of the molecule is Cc1ccccc1N1C(=NC(=O)CCCC(=O)[O-])S[C@H]2CS(=O)(=O)C[C@@H]21. The smallest absolute Gasteiger partial charge is 0.248 e. The molecule has 0 radical (unpaired) electrons. The van der Waals surface area contributed by atoms with Gasteiger partial charge in [-0.15, -0.1) is 0 Å². The Balaban J connectivity index is 1.87. The van der Waals surface area contributed by atoms with Crippen molar-refractivity contribution in [1.82, 2.24) is 0 Å². The number of aliphatic imine (C=N–C) groups is 1. The number of benzene rings is 1. The minimum absolute atomic E-state index is 0.0211. The van der Waals surface area contributed by atoms with E-state index < -0.39 is 21.7 Å². The summed E-state index contributed by atoms with van der Waals surface area (Å²) >= 11 is 1.31. The standard InChI is InChI=1S/C17H20N2O5S2/c1-11-5-2-3-6-12(11)19-13-9-26(23,24)10-14(13)25-17(19)18-15(20)7-4-8-16(21)22/h2-3,5-6,13-14H,4,7-10H2,1H3,(H,21,22)/p-1/t13-,14-/m0/s1. The molecular weight excluding hydrogens is 376 g/mol. The lowest BCUT2D eigenvalue weighted by atomic mass is 10.1. The Hall–Kier alpha value is -1.87. The van der Waals surface area contributed by atoms with Crippen molar-refractivity contribution in [2.45, 2.75) is 37.5 Å². The van der Waals surface area contributed by atoms with Gasteiger partial charge in [-0.3, -0.25) is 4.79 Å². The van der Waals surface area contributed by atoms with Crippen LogP contribution in [0, 0.1) is 6.92 Å². The van der Waals surface area contributed by atoms with E-state index in [0.29, 0.717) is 5.17 Å². The summed E-state index contributed by atoms with van der Waals surface area (Å²) < 4.78 is 24.1. The van der Waals surface area contributed by atoms with Gasteiger partial charge in [-0.05, 0) is 31.4 Å². The second kappa shape index (κ2) is 7.40. The fourth-order valence-electron chi connectivity index (χ4n) is 3.23. The van der Waals surface area contributed by atoms with Gasteiger partial charge in [0.1, 0.15) is 0 Å². The van der Waals surface area contributed by atoms with Crippen molar-refractivity contribution in [1.29, 1.82) is 0 Å². The molecule has 0 saturated carbocycles. The van der Waals surface area contributed by atoms with Crippen LogP contribution >= 0.6 is 11.8 Å². The number of carboxylic acid groups (broad SMARTS) is 1. The molecule has 0 spiro atoms. The third-order valence-electron chi connectivity index (χ3n) is 4.43. The van der Waals surface area contributed by atoms with E-state index in [4.69, 9.17) is 0 Å². The number of rotatable bonds is 5. The lowest BCUT2D eigenvalue weighted by Crippen LogP contribution is -2.38. The molecule has 7 nitrogen and oxygen atoms in total. The molecule has 0 aliphatic carbocycles. The maximum absolute atomic E-state index is 12.1. The predicted molar refractivity (Wildman–Crippen MR) is 98.8 cm³/mol. The molecule has 2 atom stereocenters. The first-order valence-electron chi connectivity index (χ1n) is 8.30. The quantitative estimate of drug-likeness (QED) is 0.715. The van der Waals surface area contributed by atoms with E-state index in [9.17, 15) is 23.1 Å². The van der Waals surface area contributed by atoms with Gasteiger partial charge in [0.15, 0.2) is 15.0 Å². The number of amidine groups is 1. The summed E-state index contributed by atoms with van der Waals surface area (Å²) in [5.74, 6) is -1.49. The highest BCUT2D eigenvalue weighted by Crippen LogP contribution is 2.41. The van der Waals surface area contributed by atoms with E-state index in [1.54, 1.807) is 0 Å². The van der Waals surface area contributed by atoms with Gasteiger partial charge in [0, 0.05) is 23.3 Å². The van der Waals surface area contributed by atoms with Crippen molar-refractivity contribution in [3.05, 3.63) is 29.8 Å². The number of anilines is 1. The van der Waals surface area contributed by atoms with Crippen LogP contribution in [0.15, 0.2) is 29.3 Å². The summed E-state index contributed by atoms with van der Waals surface area (Å²) in [5.41, 5.74) is 1.81.